The Hall–Kier alpha value is -2.01. The zero-order valence-corrected chi connectivity index (χ0v) is 11.0. The van der Waals surface area contributed by atoms with Gasteiger partial charge in [0.05, 0.1) is 0 Å². The number of fused-ring (bicyclic) bond motifs is 2. The molecule has 0 spiro atoms. The van der Waals surface area contributed by atoms with Crippen molar-refractivity contribution in [2.45, 2.75) is 19.3 Å². The lowest BCUT2D eigenvalue weighted by Crippen LogP contribution is -2.08. The van der Waals surface area contributed by atoms with E-state index in [-0.39, 0.29) is 5.78 Å². The van der Waals surface area contributed by atoms with Crippen LogP contribution < -0.4 is 0 Å². The number of imidazole rings is 1. The van der Waals surface area contributed by atoms with Crippen LogP contribution in [0.15, 0.2) is 30.6 Å². The first kappa shape index (κ1) is 10.9. The van der Waals surface area contributed by atoms with Gasteiger partial charge in [0.25, 0.3) is 0 Å². The minimum Gasteiger partial charge on any atom is -0.306 e. The van der Waals surface area contributed by atoms with Gasteiger partial charge in [-0.05, 0) is 25.0 Å². The minimum atomic E-state index is 0.174. The maximum absolute atomic E-state index is 11.8. The SMILES string of the molecule is O=C1CCCc2sc(-c3cn4ccccc4n3)nc21. The van der Waals surface area contributed by atoms with Gasteiger partial charge in [-0.3, -0.25) is 4.79 Å². The molecule has 5 heteroatoms. The summed E-state index contributed by atoms with van der Waals surface area (Å²) in [5.41, 5.74) is 2.42. The predicted octanol–water partition coefficient (Wildman–Crippen LogP) is 2.98. The molecule has 3 heterocycles. The fraction of sp³-hybridized carbons (Fsp3) is 0.214. The maximum atomic E-state index is 11.8. The molecular weight excluding hydrogens is 258 g/mol. The molecule has 94 valence electrons. The number of ketones is 1. The molecule has 3 aromatic rings. The molecule has 1 aliphatic rings. The second kappa shape index (κ2) is 3.99. The Kier molecular flexibility index (Phi) is 2.29. The average Bonchev–Trinajstić information content (AvgIpc) is 3.02. The first-order chi connectivity index (χ1) is 9.31. The van der Waals surface area contributed by atoms with Gasteiger partial charge in [-0.2, -0.15) is 0 Å². The highest BCUT2D eigenvalue weighted by Gasteiger charge is 2.23. The van der Waals surface area contributed by atoms with E-state index in [0.717, 1.165) is 34.1 Å². The number of Topliss-reactive ketones (excluding diaryl/α,β-unsaturated/α-hetero) is 1. The quantitative estimate of drug-likeness (QED) is 0.682. The molecule has 0 fully saturated rings. The fourth-order valence-electron chi connectivity index (χ4n) is 2.41. The zero-order valence-electron chi connectivity index (χ0n) is 10.2. The second-order valence-corrected chi connectivity index (χ2v) is 5.74. The van der Waals surface area contributed by atoms with Crippen molar-refractivity contribution in [3.05, 3.63) is 41.2 Å². The molecule has 0 saturated carbocycles. The number of carbonyl (C=O) groups is 1. The van der Waals surface area contributed by atoms with E-state index in [1.54, 1.807) is 11.3 Å². The van der Waals surface area contributed by atoms with Gasteiger partial charge >= 0.3 is 0 Å². The van der Waals surface area contributed by atoms with E-state index < -0.39 is 0 Å². The highest BCUT2D eigenvalue weighted by molar-refractivity contribution is 7.15. The van der Waals surface area contributed by atoms with Crippen LogP contribution in [-0.2, 0) is 6.42 Å². The number of hydrogen-bond donors (Lipinski definition) is 0. The lowest BCUT2D eigenvalue weighted by Gasteiger charge is -2.06. The van der Waals surface area contributed by atoms with Gasteiger partial charge in [0.2, 0.25) is 0 Å². The third-order valence-corrected chi connectivity index (χ3v) is 4.49. The van der Waals surface area contributed by atoms with E-state index in [4.69, 9.17) is 0 Å². The van der Waals surface area contributed by atoms with E-state index in [1.807, 2.05) is 35.0 Å². The molecule has 4 nitrogen and oxygen atoms in total. The summed E-state index contributed by atoms with van der Waals surface area (Å²) in [4.78, 5) is 22.0. The molecule has 0 bridgehead atoms. The Morgan fingerprint density at radius 2 is 2.16 bits per heavy atom. The van der Waals surface area contributed by atoms with Crippen molar-refractivity contribution in [1.29, 1.82) is 0 Å². The average molecular weight is 269 g/mol. The van der Waals surface area contributed by atoms with Gasteiger partial charge < -0.3 is 4.40 Å². The summed E-state index contributed by atoms with van der Waals surface area (Å²) in [5.74, 6) is 0.174. The summed E-state index contributed by atoms with van der Waals surface area (Å²) in [6, 6.07) is 5.89. The molecule has 0 atom stereocenters. The molecule has 0 aromatic carbocycles. The van der Waals surface area contributed by atoms with Gasteiger partial charge in [0, 0.05) is 23.7 Å². The maximum Gasteiger partial charge on any atom is 0.182 e. The summed E-state index contributed by atoms with van der Waals surface area (Å²) < 4.78 is 1.97. The number of pyridine rings is 1. The van der Waals surface area contributed by atoms with Crippen molar-refractivity contribution in [2.24, 2.45) is 0 Å². The Morgan fingerprint density at radius 3 is 3.00 bits per heavy atom. The zero-order chi connectivity index (χ0) is 12.8. The monoisotopic (exact) mass is 269 g/mol. The topological polar surface area (TPSA) is 47.3 Å². The second-order valence-electron chi connectivity index (χ2n) is 4.66. The van der Waals surface area contributed by atoms with Gasteiger partial charge in [-0.25, -0.2) is 9.97 Å². The Morgan fingerprint density at radius 1 is 1.21 bits per heavy atom. The molecule has 0 radical (unpaired) electrons. The van der Waals surface area contributed by atoms with E-state index in [2.05, 4.69) is 9.97 Å². The number of aryl methyl sites for hydroxylation is 1. The van der Waals surface area contributed by atoms with Crippen molar-refractivity contribution < 1.29 is 4.79 Å². The summed E-state index contributed by atoms with van der Waals surface area (Å²) in [6.07, 6.45) is 6.46. The van der Waals surface area contributed by atoms with Crippen molar-refractivity contribution in [3.8, 4) is 10.7 Å². The molecule has 0 unspecified atom stereocenters. The van der Waals surface area contributed by atoms with Crippen LogP contribution in [0.1, 0.15) is 28.2 Å². The number of aromatic nitrogens is 3. The number of hydrogen-bond acceptors (Lipinski definition) is 4. The van der Waals surface area contributed by atoms with Crippen LogP contribution in [0.2, 0.25) is 0 Å². The van der Waals surface area contributed by atoms with Crippen molar-refractivity contribution in [1.82, 2.24) is 14.4 Å². The minimum absolute atomic E-state index is 0.174. The van der Waals surface area contributed by atoms with E-state index in [9.17, 15) is 4.79 Å². The number of nitrogens with zero attached hydrogens (tertiary/aromatic N) is 3. The smallest absolute Gasteiger partial charge is 0.182 e. The lowest BCUT2D eigenvalue weighted by atomic mass is 10.0. The number of rotatable bonds is 1. The third-order valence-electron chi connectivity index (χ3n) is 3.35. The fourth-order valence-corrected chi connectivity index (χ4v) is 3.49. The first-order valence-electron chi connectivity index (χ1n) is 6.28. The molecule has 1 aliphatic carbocycles. The van der Waals surface area contributed by atoms with Crippen LogP contribution in [0.25, 0.3) is 16.3 Å². The Balaban J connectivity index is 1.86. The summed E-state index contributed by atoms with van der Waals surface area (Å²) >= 11 is 1.60. The van der Waals surface area contributed by atoms with Gasteiger partial charge in [-0.15, -0.1) is 11.3 Å². The summed E-state index contributed by atoms with van der Waals surface area (Å²) in [7, 11) is 0. The van der Waals surface area contributed by atoms with Crippen LogP contribution in [0.4, 0.5) is 0 Å². The highest BCUT2D eigenvalue weighted by Crippen LogP contribution is 2.32. The molecule has 4 rings (SSSR count). The van der Waals surface area contributed by atoms with Crippen LogP contribution in [0.5, 0.6) is 0 Å². The molecule has 0 saturated heterocycles. The molecule has 0 N–H and O–H groups in total. The first-order valence-corrected chi connectivity index (χ1v) is 7.10. The van der Waals surface area contributed by atoms with E-state index in [0.29, 0.717) is 12.1 Å². The number of carbonyl (C=O) groups excluding carboxylic acids is 1. The van der Waals surface area contributed by atoms with E-state index >= 15 is 0 Å². The standard InChI is InChI=1S/C14H11N3OS/c18-10-4-3-5-11-13(10)16-14(19-11)9-8-17-7-2-1-6-12(17)15-9/h1-2,6-8H,3-5H2. The van der Waals surface area contributed by atoms with Gasteiger partial charge in [-0.1, -0.05) is 6.07 Å². The van der Waals surface area contributed by atoms with Crippen LogP contribution in [0, 0.1) is 0 Å². The lowest BCUT2D eigenvalue weighted by molar-refractivity contribution is 0.0968. The van der Waals surface area contributed by atoms with Crippen molar-refractivity contribution in [3.63, 3.8) is 0 Å². The molecular formula is C14H11N3OS. The van der Waals surface area contributed by atoms with Gasteiger partial charge in [0.15, 0.2) is 5.78 Å². The van der Waals surface area contributed by atoms with Gasteiger partial charge in [0.1, 0.15) is 22.0 Å². The van der Waals surface area contributed by atoms with Crippen LogP contribution >= 0.6 is 11.3 Å². The molecule has 0 amide bonds. The summed E-state index contributed by atoms with van der Waals surface area (Å²) in [6.45, 7) is 0. The van der Waals surface area contributed by atoms with Crippen LogP contribution in [0.3, 0.4) is 0 Å². The summed E-state index contributed by atoms with van der Waals surface area (Å²) in [5, 5.41) is 0.851. The van der Waals surface area contributed by atoms with Crippen molar-refractivity contribution in [2.75, 3.05) is 0 Å². The molecule has 0 aliphatic heterocycles. The Labute approximate surface area is 113 Å². The molecule has 3 aromatic heterocycles. The number of thiazole rings is 1. The van der Waals surface area contributed by atoms with Crippen LogP contribution in [-0.4, -0.2) is 20.2 Å². The Bertz CT molecular complexity index is 754. The van der Waals surface area contributed by atoms with Crippen molar-refractivity contribution >= 4 is 22.8 Å². The predicted molar refractivity (Wildman–Crippen MR) is 73.6 cm³/mol. The molecule has 19 heavy (non-hydrogen) atoms. The highest BCUT2D eigenvalue weighted by atomic mass is 32.1. The van der Waals surface area contributed by atoms with E-state index in [1.165, 1.54) is 0 Å². The largest absolute Gasteiger partial charge is 0.306 e. The third kappa shape index (κ3) is 1.69. The normalized spacial score (nSPS) is 14.8.